The molecule has 0 heterocycles. The molecule has 0 aromatic heterocycles. The minimum Gasteiger partial charge on any atom is -0.352 e. The molecule has 1 aromatic rings. The summed E-state index contributed by atoms with van der Waals surface area (Å²) < 4.78 is 0. The molecule has 6 heteroatoms. The Morgan fingerprint density at radius 1 is 1.35 bits per heavy atom. The van der Waals surface area contributed by atoms with Crippen LogP contribution >= 0.6 is 0 Å². The first-order chi connectivity index (χ1) is 9.54. The molecular weight excluding hydrogens is 258 g/mol. The van der Waals surface area contributed by atoms with Gasteiger partial charge in [0.15, 0.2) is 0 Å². The van der Waals surface area contributed by atoms with Gasteiger partial charge < -0.3 is 11.1 Å². The molecule has 0 aliphatic heterocycles. The van der Waals surface area contributed by atoms with Gasteiger partial charge in [-0.05, 0) is 30.4 Å². The van der Waals surface area contributed by atoms with Crippen molar-refractivity contribution in [1.82, 2.24) is 5.32 Å². The van der Waals surface area contributed by atoms with Crippen LogP contribution in [0.4, 0.5) is 5.69 Å². The highest BCUT2D eigenvalue weighted by atomic mass is 16.6. The molecule has 6 nitrogen and oxygen atoms in total. The van der Waals surface area contributed by atoms with Crippen LogP contribution in [0.1, 0.15) is 31.2 Å². The van der Waals surface area contributed by atoms with E-state index in [9.17, 15) is 14.9 Å². The standard InChI is InChI=1S/C14H19N3O3/c15-10-14(6-1-7-14)8-13(18)16-9-11-2-4-12(5-3-11)17(19)20/h2-5H,1,6-10,15H2,(H,16,18). The van der Waals surface area contributed by atoms with E-state index in [0.29, 0.717) is 19.5 Å². The first-order valence-corrected chi connectivity index (χ1v) is 6.75. The number of nitrogens with two attached hydrogens (primary N) is 1. The molecule has 0 saturated heterocycles. The third-order valence-electron chi connectivity index (χ3n) is 4.02. The Morgan fingerprint density at radius 3 is 2.45 bits per heavy atom. The first kappa shape index (κ1) is 14.5. The molecule has 1 aliphatic rings. The zero-order valence-corrected chi connectivity index (χ0v) is 11.3. The van der Waals surface area contributed by atoms with Crippen molar-refractivity contribution >= 4 is 11.6 Å². The molecule has 0 spiro atoms. The van der Waals surface area contributed by atoms with Gasteiger partial charge in [0.2, 0.25) is 5.91 Å². The van der Waals surface area contributed by atoms with Crippen molar-refractivity contribution < 1.29 is 9.72 Å². The van der Waals surface area contributed by atoms with Crippen LogP contribution in [0.2, 0.25) is 0 Å². The molecule has 0 atom stereocenters. The highest BCUT2D eigenvalue weighted by Gasteiger charge is 2.37. The smallest absolute Gasteiger partial charge is 0.269 e. The molecule has 1 fully saturated rings. The van der Waals surface area contributed by atoms with Gasteiger partial charge in [-0.3, -0.25) is 14.9 Å². The lowest BCUT2D eigenvalue weighted by molar-refractivity contribution is -0.384. The van der Waals surface area contributed by atoms with E-state index in [-0.39, 0.29) is 17.0 Å². The summed E-state index contributed by atoms with van der Waals surface area (Å²) in [6.45, 7) is 0.940. The van der Waals surface area contributed by atoms with Gasteiger partial charge >= 0.3 is 0 Å². The van der Waals surface area contributed by atoms with Gasteiger partial charge in [0.05, 0.1) is 4.92 Å². The number of benzene rings is 1. The van der Waals surface area contributed by atoms with Gasteiger partial charge in [0.25, 0.3) is 5.69 Å². The van der Waals surface area contributed by atoms with Gasteiger partial charge in [-0.25, -0.2) is 0 Å². The number of hydrogen-bond acceptors (Lipinski definition) is 4. The average Bonchev–Trinajstić information content (AvgIpc) is 2.41. The largest absolute Gasteiger partial charge is 0.352 e. The summed E-state index contributed by atoms with van der Waals surface area (Å²) in [6.07, 6.45) is 3.66. The maximum atomic E-state index is 11.9. The maximum Gasteiger partial charge on any atom is 0.269 e. The van der Waals surface area contributed by atoms with E-state index in [0.717, 1.165) is 24.8 Å². The Balaban J connectivity index is 1.82. The minimum absolute atomic E-state index is 0.000439. The van der Waals surface area contributed by atoms with Gasteiger partial charge in [0, 0.05) is 25.1 Å². The number of hydrogen-bond donors (Lipinski definition) is 2. The third kappa shape index (κ3) is 3.33. The van der Waals surface area contributed by atoms with Crippen molar-refractivity contribution in [1.29, 1.82) is 0 Å². The SMILES string of the molecule is NCC1(CC(=O)NCc2ccc([N+](=O)[O-])cc2)CCC1. The molecule has 0 radical (unpaired) electrons. The lowest BCUT2D eigenvalue weighted by Crippen LogP contribution is -2.41. The summed E-state index contributed by atoms with van der Waals surface area (Å²) in [5.41, 5.74) is 6.62. The Labute approximate surface area is 117 Å². The summed E-state index contributed by atoms with van der Waals surface area (Å²) >= 11 is 0. The van der Waals surface area contributed by atoms with Crippen molar-refractivity contribution in [3.05, 3.63) is 39.9 Å². The van der Waals surface area contributed by atoms with Crippen molar-refractivity contribution in [3.63, 3.8) is 0 Å². The van der Waals surface area contributed by atoms with E-state index in [4.69, 9.17) is 5.73 Å². The van der Waals surface area contributed by atoms with Crippen molar-refractivity contribution in [3.8, 4) is 0 Å². The van der Waals surface area contributed by atoms with Crippen LogP contribution in [-0.2, 0) is 11.3 Å². The van der Waals surface area contributed by atoms with Crippen LogP contribution in [-0.4, -0.2) is 17.4 Å². The second kappa shape index (κ2) is 6.00. The van der Waals surface area contributed by atoms with Crippen LogP contribution in [0.5, 0.6) is 0 Å². The molecule has 1 saturated carbocycles. The maximum absolute atomic E-state index is 11.9. The van der Waals surface area contributed by atoms with Gasteiger partial charge in [-0.1, -0.05) is 18.6 Å². The minimum atomic E-state index is -0.441. The van der Waals surface area contributed by atoms with Gasteiger partial charge in [-0.2, -0.15) is 0 Å². The number of rotatable bonds is 6. The van der Waals surface area contributed by atoms with E-state index < -0.39 is 4.92 Å². The molecular formula is C14H19N3O3. The van der Waals surface area contributed by atoms with Crippen molar-refractivity contribution in [2.45, 2.75) is 32.2 Å². The monoisotopic (exact) mass is 277 g/mol. The second-order valence-corrected chi connectivity index (χ2v) is 5.43. The number of nitrogens with one attached hydrogen (secondary N) is 1. The first-order valence-electron chi connectivity index (χ1n) is 6.75. The van der Waals surface area contributed by atoms with Crippen molar-refractivity contribution in [2.24, 2.45) is 11.1 Å². The Kier molecular flexibility index (Phi) is 4.34. The fourth-order valence-electron chi connectivity index (χ4n) is 2.47. The molecule has 2 rings (SSSR count). The second-order valence-electron chi connectivity index (χ2n) is 5.43. The number of nitro groups is 1. The van der Waals surface area contributed by atoms with Crippen LogP contribution in [0.3, 0.4) is 0 Å². The fraction of sp³-hybridized carbons (Fsp3) is 0.500. The molecule has 1 aliphatic carbocycles. The summed E-state index contributed by atoms with van der Waals surface area (Å²) in [5, 5.41) is 13.4. The number of carbonyl (C=O) groups excluding carboxylic acids is 1. The normalized spacial score (nSPS) is 16.2. The lowest BCUT2D eigenvalue weighted by atomic mass is 9.66. The zero-order chi connectivity index (χ0) is 14.6. The van der Waals surface area contributed by atoms with Crippen LogP contribution < -0.4 is 11.1 Å². The van der Waals surface area contributed by atoms with E-state index >= 15 is 0 Å². The summed E-state index contributed by atoms with van der Waals surface area (Å²) in [4.78, 5) is 22.0. The number of carbonyl (C=O) groups is 1. The van der Waals surface area contributed by atoms with E-state index in [1.807, 2.05) is 0 Å². The van der Waals surface area contributed by atoms with Gasteiger partial charge in [0.1, 0.15) is 0 Å². The Hall–Kier alpha value is -1.95. The molecule has 0 unspecified atom stereocenters. The quantitative estimate of drug-likeness (QED) is 0.611. The van der Waals surface area contributed by atoms with Gasteiger partial charge in [-0.15, -0.1) is 0 Å². The van der Waals surface area contributed by atoms with E-state index in [2.05, 4.69) is 5.32 Å². The summed E-state index contributed by atoms with van der Waals surface area (Å²) in [7, 11) is 0. The molecule has 0 bridgehead atoms. The zero-order valence-electron chi connectivity index (χ0n) is 11.3. The highest BCUT2D eigenvalue weighted by Crippen LogP contribution is 2.42. The number of nitrogens with zero attached hydrogens (tertiary/aromatic N) is 1. The molecule has 20 heavy (non-hydrogen) atoms. The number of amides is 1. The molecule has 108 valence electrons. The number of non-ortho nitro benzene ring substituents is 1. The predicted octanol–water partition coefficient (Wildman–Crippen LogP) is 1.73. The topological polar surface area (TPSA) is 98.3 Å². The van der Waals surface area contributed by atoms with Crippen LogP contribution in [0.25, 0.3) is 0 Å². The molecule has 3 N–H and O–H groups in total. The van der Waals surface area contributed by atoms with E-state index in [1.54, 1.807) is 12.1 Å². The lowest BCUT2D eigenvalue weighted by Gasteiger charge is -2.40. The molecule has 1 amide bonds. The Morgan fingerprint density at radius 2 is 2.00 bits per heavy atom. The predicted molar refractivity (Wildman–Crippen MR) is 74.9 cm³/mol. The molecule has 1 aromatic carbocycles. The fourth-order valence-corrected chi connectivity index (χ4v) is 2.47. The average molecular weight is 277 g/mol. The third-order valence-corrected chi connectivity index (χ3v) is 4.02. The summed E-state index contributed by atoms with van der Waals surface area (Å²) in [5.74, 6) is -0.00602. The Bertz CT molecular complexity index is 489. The van der Waals surface area contributed by atoms with Crippen LogP contribution in [0, 0.1) is 15.5 Å². The van der Waals surface area contributed by atoms with E-state index in [1.165, 1.54) is 12.1 Å². The highest BCUT2D eigenvalue weighted by molar-refractivity contribution is 5.76. The van der Waals surface area contributed by atoms with Crippen molar-refractivity contribution in [2.75, 3.05) is 6.54 Å². The van der Waals surface area contributed by atoms with Crippen LogP contribution in [0.15, 0.2) is 24.3 Å². The summed E-state index contributed by atoms with van der Waals surface area (Å²) in [6, 6.07) is 6.19. The number of nitro benzene ring substituents is 1.